The van der Waals surface area contributed by atoms with E-state index in [9.17, 15) is 0 Å². The lowest BCUT2D eigenvalue weighted by atomic mass is 9.91. The van der Waals surface area contributed by atoms with E-state index < -0.39 is 0 Å². The topological polar surface area (TPSA) is 35.5 Å². The molecule has 1 aliphatic rings. The maximum atomic E-state index is 8.76. The minimum Gasteiger partial charge on any atom is -0.396 e. The van der Waals surface area contributed by atoms with Crippen molar-refractivity contribution in [1.82, 2.24) is 10.2 Å². The number of hydrogen-bond donors (Lipinski definition) is 2. The first-order valence-electron chi connectivity index (χ1n) is 8.34. The molecule has 1 heterocycles. The summed E-state index contributed by atoms with van der Waals surface area (Å²) in [4.78, 5) is 2.65. The van der Waals surface area contributed by atoms with Gasteiger partial charge in [-0.1, -0.05) is 19.8 Å². The van der Waals surface area contributed by atoms with Crippen LogP contribution < -0.4 is 5.32 Å². The Morgan fingerprint density at radius 2 is 2.05 bits per heavy atom. The van der Waals surface area contributed by atoms with Crippen molar-refractivity contribution < 1.29 is 5.11 Å². The van der Waals surface area contributed by atoms with Crippen molar-refractivity contribution in [2.24, 2.45) is 5.92 Å². The van der Waals surface area contributed by atoms with Gasteiger partial charge in [-0.3, -0.25) is 0 Å². The second-order valence-electron chi connectivity index (χ2n) is 6.08. The number of likely N-dealkylation sites (tertiary alicyclic amines) is 1. The first kappa shape index (κ1) is 16.9. The van der Waals surface area contributed by atoms with Crippen LogP contribution in [-0.2, 0) is 0 Å². The lowest BCUT2D eigenvalue weighted by molar-refractivity contribution is 0.148. The Morgan fingerprint density at radius 3 is 2.79 bits per heavy atom. The van der Waals surface area contributed by atoms with Gasteiger partial charge in [0, 0.05) is 19.2 Å². The number of nitrogens with one attached hydrogen (secondary N) is 1. The van der Waals surface area contributed by atoms with Gasteiger partial charge in [0.1, 0.15) is 0 Å². The van der Waals surface area contributed by atoms with Crippen LogP contribution in [0.2, 0.25) is 0 Å². The first-order chi connectivity index (χ1) is 9.27. The number of hydrogen-bond acceptors (Lipinski definition) is 3. The summed E-state index contributed by atoms with van der Waals surface area (Å²) in [7, 11) is 0. The molecule has 1 saturated heterocycles. The minimum absolute atomic E-state index is 0.354. The van der Waals surface area contributed by atoms with Gasteiger partial charge in [-0.25, -0.2) is 0 Å². The second-order valence-corrected chi connectivity index (χ2v) is 6.08. The van der Waals surface area contributed by atoms with E-state index in [-0.39, 0.29) is 0 Å². The van der Waals surface area contributed by atoms with Gasteiger partial charge in [0.25, 0.3) is 0 Å². The quantitative estimate of drug-likeness (QED) is 0.599. The summed E-state index contributed by atoms with van der Waals surface area (Å²) in [5.74, 6) is 0.831. The van der Waals surface area contributed by atoms with Crippen molar-refractivity contribution in [3.05, 3.63) is 0 Å². The number of unbranched alkanes of at least 4 members (excludes halogenated alkanes) is 3. The number of aliphatic hydroxyl groups excluding tert-OH is 1. The summed E-state index contributed by atoms with van der Waals surface area (Å²) < 4.78 is 0. The van der Waals surface area contributed by atoms with Crippen LogP contribution in [0.25, 0.3) is 0 Å². The summed E-state index contributed by atoms with van der Waals surface area (Å²) in [5, 5.41) is 12.4. The molecule has 0 aromatic heterocycles. The van der Waals surface area contributed by atoms with Crippen LogP contribution in [0.4, 0.5) is 0 Å². The van der Waals surface area contributed by atoms with E-state index in [1.807, 2.05) is 0 Å². The van der Waals surface area contributed by atoms with Crippen LogP contribution in [-0.4, -0.2) is 48.8 Å². The number of piperidine rings is 1. The Labute approximate surface area is 119 Å². The number of aliphatic hydroxyl groups is 1. The van der Waals surface area contributed by atoms with Crippen molar-refractivity contribution in [2.45, 2.75) is 64.8 Å². The lowest BCUT2D eigenvalue weighted by Crippen LogP contribution is -2.44. The molecule has 3 heteroatoms. The predicted molar refractivity (Wildman–Crippen MR) is 82.5 cm³/mol. The third-order valence-electron chi connectivity index (χ3n) is 4.35. The third kappa shape index (κ3) is 7.28. The number of rotatable bonds is 10. The minimum atomic E-state index is 0.354. The Balaban J connectivity index is 2.14. The van der Waals surface area contributed by atoms with Gasteiger partial charge < -0.3 is 15.3 Å². The summed E-state index contributed by atoms with van der Waals surface area (Å²) >= 11 is 0. The second kappa shape index (κ2) is 10.6. The molecule has 0 bridgehead atoms. The zero-order chi connectivity index (χ0) is 13.9. The van der Waals surface area contributed by atoms with Gasteiger partial charge in [0.2, 0.25) is 0 Å². The van der Waals surface area contributed by atoms with Gasteiger partial charge in [0.05, 0.1) is 0 Å². The van der Waals surface area contributed by atoms with Crippen molar-refractivity contribution >= 4 is 0 Å². The summed E-state index contributed by atoms with van der Waals surface area (Å²) in [6, 6.07) is 0.664. The fourth-order valence-electron chi connectivity index (χ4n) is 3.04. The zero-order valence-electron chi connectivity index (χ0n) is 13.0. The lowest BCUT2D eigenvalue weighted by Gasteiger charge is -2.36. The molecule has 0 aromatic carbocycles. The standard InChI is InChI=1S/C16H34N2O/c1-3-10-17-15(2)16-9-8-12-18(14-16)11-6-4-5-7-13-19/h15-17,19H,3-14H2,1-2H3. The van der Waals surface area contributed by atoms with Crippen molar-refractivity contribution in [1.29, 1.82) is 0 Å². The Hall–Kier alpha value is -0.120. The third-order valence-corrected chi connectivity index (χ3v) is 4.35. The van der Waals surface area contributed by atoms with E-state index in [0.717, 1.165) is 18.9 Å². The van der Waals surface area contributed by atoms with Crippen LogP contribution in [0.3, 0.4) is 0 Å². The van der Waals surface area contributed by atoms with E-state index >= 15 is 0 Å². The predicted octanol–water partition coefficient (Wildman–Crippen LogP) is 2.64. The highest BCUT2D eigenvalue weighted by Gasteiger charge is 2.23. The molecule has 114 valence electrons. The molecule has 2 atom stereocenters. The molecular weight excluding hydrogens is 236 g/mol. The van der Waals surface area contributed by atoms with E-state index in [0.29, 0.717) is 12.6 Å². The fourth-order valence-corrected chi connectivity index (χ4v) is 3.04. The van der Waals surface area contributed by atoms with Crippen LogP contribution in [0.15, 0.2) is 0 Å². The molecule has 3 nitrogen and oxygen atoms in total. The monoisotopic (exact) mass is 270 g/mol. The highest BCUT2D eigenvalue weighted by Crippen LogP contribution is 2.20. The molecule has 0 amide bonds. The smallest absolute Gasteiger partial charge is 0.0431 e. The molecule has 1 fully saturated rings. The van der Waals surface area contributed by atoms with Gasteiger partial charge >= 0.3 is 0 Å². The van der Waals surface area contributed by atoms with Crippen molar-refractivity contribution in [3.63, 3.8) is 0 Å². The molecule has 0 spiro atoms. The van der Waals surface area contributed by atoms with Crippen LogP contribution in [0.1, 0.15) is 58.8 Å². The van der Waals surface area contributed by atoms with E-state index in [1.165, 1.54) is 58.2 Å². The molecule has 0 aliphatic carbocycles. The summed E-state index contributed by atoms with van der Waals surface area (Å²) in [6.45, 7) is 9.91. The van der Waals surface area contributed by atoms with E-state index in [1.54, 1.807) is 0 Å². The van der Waals surface area contributed by atoms with Crippen LogP contribution in [0, 0.1) is 5.92 Å². The van der Waals surface area contributed by atoms with Gasteiger partial charge in [-0.2, -0.15) is 0 Å². The van der Waals surface area contributed by atoms with Crippen LogP contribution in [0.5, 0.6) is 0 Å². The normalized spacial score (nSPS) is 22.6. The summed E-state index contributed by atoms with van der Waals surface area (Å²) in [5.41, 5.74) is 0. The molecular formula is C16H34N2O. The molecule has 2 N–H and O–H groups in total. The van der Waals surface area contributed by atoms with Crippen molar-refractivity contribution in [2.75, 3.05) is 32.8 Å². The van der Waals surface area contributed by atoms with E-state index in [4.69, 9.17) is 5.11 Å². The largest absolute Gasteiger partial charge is 0.396 e. The molecule has 1 rings (SSSR count). The van der Waals surface area contributed by atoms with Gasteiger partial charge in [-0.05, 0) is 64.6 Å². The maximum absolute atomic E-state index is 8.76. The summed E-state index contributed by atoms with van der Waals surface area (Å²) in [6.07, 6.45) is 8.70. The highest BCUT2D eigenvalue weighted by atomic mass is 16.2. The highest BCUT2D eigenvalue weighted by molar-refractivity contribution is 4.80. The maximum Gasteiger partial charge on any atom is 0.0431 e. The molecule has 1 aliphatic heterocycles. The van der Waals surface area contributed by atoms with Gasteiger partial charge in [0.15, 0.2) is 0 Å². The fraction of sp³-hybridized carbons (Fsp3) is 1.00. The zero-order valence-corrected chi connectivity index (χ0v) is 13.0. The molecule has 2 unspecified atom stereocenters. The molecule has 0 radical (unpaired) electrons. The van der Waals surface area contributed by atoms with Crippen LogP contribution >= 0.6 is 0 Å². The molecule has 0 saturated carbocycles. The Morgan fingerprint density at radius 1 is 1.26 bits per heavy atom. The van der Waals surface area contributed by atoms with Gasteiger partial charge in [-0.15, -0.1) is 0 Å². The van der Waals surface area contributed by atoms with Crippen molar-refractivity contribution in [3.8, 4) is 0 Å². The Bertz CT molecular complexity index is 211. The first-order valence-corrected chi connectivity index (χ1v) is 8.34. The Kier molecular flexibility index (Phi) is 9.48. The molecule has 19 heavy (non-hydrogen) atoms. The SMILES string of the molecule is CCCNC(C)C1CCCN(CCCCCCO)C1. The average molecular weight is 270 g/mol. The molecule has 0 aromatic rings. The average Bonchev–Trinajstić information content (AvgIpc) is 2.45. The van der Waals surface area contributed by atoms with E-state index in [2.05, 4.69) is 24.1 Å². The number of nitrogens with zero attached hydrogens (tertiary/aromatic N) is 1.